The maximum Gasteiger partial charge on any atom is 0.113 e. The molecule has 1 unspecified atom stereocenters. The molecule has 1 atom stereocenters. The minimum absolute atomic E-state index is 0.739. The van der Waals surface area contributed by atoms with Crippen molar-refractivity contribution >= 4 is 11.2 Å². The first-order valence-electron chi connectivity index (χ1n) is 6.12. The summed E-state index contributed by atoms with van der Waals surface area (Å²) in [4.78, 5) is 6.90. The summed E-state index contributed by atoms with van der Waals surface area (Å²) < 4.78 is 2.15. The van der Waals surface area contributed by atoms with Crippen molar-refractivity contribution in [2.24, 2.45) is 5.92 Å². The number of fused-ring (bicyclic) bond motifs is 1. The number of aromatic nitrogens is 2. The standard InChI is InChI=1S/C13H18N4/c1-16-4-2-10(9-16)6-13-15-8-12-7-11(14)3-5-17(12)13/h3,5,7-8,10H,2,4,6,9,14H2,1H3. The van der Waals surface area contributed by atoms with Crippen molar-refractivity contribution in [2.45, 2.75) is 12.8 Å². The van der Waals surface area contributed by atoms with E-state index in [9.17, 15) is 0 Å². The molecule has 3 heterocycles. The Balaban J connectivity index is 1.85. The van der Waals surface area contributed by atoms with E-state index >= 15 is 0 Å². The fraction of sp³-hybridized carbons (Fsp3) is 0.462. The molecule has 2 N–H and O–H groups in total. The summed E-state index contributed by atoms with van der Waals surface area (Å²) in [6.45, 7) is 2.39. The minimum atomic E-state index is 0.739. The number of pyridine rings is 1. The molecule has 4 nitrogen and oxygen atoms in total. The highest BCUT2D eigenvalue weighted by Crippen LogP contribution is 2.20. The SMILES string of the molecule is CN1CCC(Cc2ncc3cc(N)ccn23)C1. The number of rotatable bonds is 2. The van der Waals surface area contributed by atoms with Crippen LogP contribution in [0, 0.1) is 5.92 Å². The summed E-state index contributed by atoms with van der Waals surface area (Å²) in [6, 6.07) is 3.90. The Morgan fingerprint density at radius 3 is 3.18 bits per heavy atom. The van der Waals surface area contributed by atoms with Crippen LogP contribution in [0.25, 0.3) is 5.52 Å². The Kier molecular flexibility index (Phi) is 2.52. The maximum atomic E-state index is 5.77. The summed E-state index contributed by atoms with van der Waals surface area (Å²) >= 11 is 0. The molecular weight excluding hydrogens is 212 g/mol. The van der Waals surface area contributed by atoms with E-state index in [4.69, 9.17) is 5.73 Å². The van der Waals surface area contributed by atoms with E-state index < -0.39 is 0 Å². The molecule has 0 radical (unpaired) electrons. The van der Waals surface area contributed by atoms with Gasteiger partial charge in [-0.3, -0.25) is 0 Å². The van der Waals surface area contributed by atoms with Crippen molar-refractivity contribution in [3.05, 3.63) is 30.4 Å². The van der Waals surface area contributed by atoms with Gasteiger partial charge in [0.2, 0.25) is 0 Å². The zero-order valence-corrected chi connectivity index (χ0v) is 10.1. The van der Waals surface area contributed by atoms with E-state index in [1.54, 1.807) is 0 Å². The quantitative estimate of drug-likeness (QED) is 0.848. The van der Waals surface area contributed by atoms with Crippen molar-refractivity contribution in [2.75, 3.05) is 25.9 Å². The molecule has 3 rings (SSSR count). The normalized spacial score (nSPS) is 21.4. The van der Waals surface area contributed by atoms with Gasteiger partial charge in [0.05, 0.1) is 11.7 Å². The van der Waals surface area contributed by atoms with Crippen molar-refractivity contribution < 1.29 is 0 Å². The number of nitrogens with zero attached hydrogens (tertiary/aromatic N) is 3. The maximum absolute atomic E-state index is 5.77. The van der Waals surface area contributed by atoms with Crippen molar-refractivity contribution in [1.82, 2.24) is 14.3 Å². The first-order chi connectivity index (χ1) is 8.22. The lowest BCUT2D eigenvalue weighted by molar-refractivity contribution is 0.392. The smallest absolute Gasteiger partial charge is 0.113 e. The third-order valence-corrected chi connectivity index (χ3v) is 3.59. The van der Waals surface area contributed by atoms with E-state index in [-0.39, 0.29) is 0 Å². The molecular formula is C13H18N4. The van der Waals surface area contributed by atoms with Gasteiger partial charge in [0.15, 0.2) is 0 Å². The van der Waals surface area contributed by atoms with Crippen LogP contribution in [0.1, 0.15) is 12.2 Å². The Labute approximate surface area is 101 Å². The molecule has 2 aromatic heterocycles. The summed E-state index contributed by atoms with van der Waals surface area (Å²) in [5.74, 6) is 1.89. The van der Waals surface area contributed by atoms with Crippen LogP contribution in [0.5, 0.6) is 0 Å². The number of likely N-dealkylation sites (tertiary alicyclic amines) is 1. The molecule has 0 aliphatic carbocycles. The highest BCUT2D eigenvalue weighted by Gasteiger charge is 2.21. The van der Waals surface area contributed by atoms with Crippen LogP contribution < -0.4 is 5.73 Å². The number of anilines is 1. The fourth-order valence-corrected chi connectivity index (χ4v) is 2.67. The lowest BCUT2D eigenvalue weighted by Gasteiger charge is -2.09. The second-order valence-electron chi connectivity index (χ2n) is 5.05. The molecule has 90 valence electrons. The Bertz CT molecular complexity index is 531. The zero-order chi connectivity index (χ0) is 11.8. The zero-order valence-electron chi connectivity index (χ0n) is 10.1. The van der Waals surface area contributed by atoms with E-state index in [1.165, 1.54) is 19.5 Å². The monoisotopic (exact) mass is 230 g/mol. The molecule has 17 heavy (non-hydrogen) atoms. The van der Waals surface area contributed by atoms with Gasteiger partial charge in [-0.1, -0.05) is 0 Å². The molecule has 1 saturated heterocycles. The summed E-state index contributed by atoms with van der Waals surface area (Å²) in [6.07, 6.45) is 6.26. The minimum Gasteiger partial charge on any atom is -0.399 e. The summed E-state index contributed by atoms with van der Waals surface area (Å²) in [7, 11) is 2.18. The Morgan fingerprint density at radius 2 is 2.41 bits per heavy atom. The molecule has 1 aliphatic rings. The Hall–Kier alpha value is -1.55. The molecule has 1 fully saturated rings. The third-order valence-electron chi connectivity index (χ3n) is 3.59. The van der Waals surface area contributed by atoms with Gasteiger partial charge in [-0.25, -0.2) is 4.98 Å². The first kappa shape index (κ1) is 10.6. The van der Waals surface area contributed by atoms with Crippen LogP contribution in [0.15, 0.2) is 24.5 Å². The summed E-state index contributed by atoms with van der Waals surface area (Å²) in [5.41, 5.74) is 7.65. The van der Waals surface area contributed by atoms with Gasteiger partial charge in [0, 0.05) is 24.8 Å². The summed E-state index contributed by atoms with van der Waals surface area (Å²) in [5, 5.41) is 0. The van der Waals surface area contributed by atoms with Gasteiger partial charge >= 0.3 is 0 Å². The molecule has 1 aliphatic heterocycles. The average molecular weight is 230 g/mol. The fourth-order valence-electron chi connectivity index (χ4n) is 2.67. The van der Waals surface area contributed by atoms with Crippen LogP contribution >= 0.6 is 0 Å². The molecule has 0 bridgehead atoms. The molecule has 2 aromatic rings. The van der Waals surface area contributed by atoms with Gasteiger partial charge in [0.1, 0.15) is 5.82 Å². The van der Waals surface area contributed by atoms with Crippen LogP contribution in [0.3, 0.4) is 0 Å². The highest BCUT2D eigenvalue weighted by molar-refractivity contribution is 5.55. The number of hydrogen-bond acceptors (Lipinski definition) is 3. The van der Waals surface area contributed by atoms with Gasteiger partial charge in [-0.05, 0) is 38.1 Å². The molecule has 0 amide bonds. The predicted octanol–water partition coefficient (Wildman–Crippen LogP) is 1.41. The van der Waals surface area contributed by atoms with Crippen molar-refractivity contribution in [1.29, 1.82) is 0 Å². The molecule has 4 heteroatoms. The lowest BCUT2D eigenvalue weighted by Crippen LogP contribution is -2.15. The predicted molar refractivity (Wildman–Crippen MR) is 68.9 cm³/mol. The Morgan fingerprint density at radius 1 is 1.53 bits per heavy atom. The molecule has 0 saturated carbocycles. The van der Waals surface area contributed by atoms with Gasteiger partial charge in [-0.15, -0.1) is 0 Å². The first-order valence-corrected chi connectivity index (χ1v) is 6.12. The average Bonchev–Trinajstić information content (AvgIpc) is 2.86. The van der Waals surface area contributed by atoms with Crippen molar-refractivity contribution in [3.63, 3.8) is 0 Å². The third kappa shape index (κ3) is 2.00. The van der Waals surface area contributed by atoms with Crippen LogP contribution in [-0.2, 0) is 6.42 Å². The van der Waals surface area contributed by atoms with Crippen molar-refractivity contribution in [3.8, 4) is 0 Å². The largest absolute Gasteiger partial charge is 0.399 e. The van der Waals surface area contributed by atoms with Gasteiger partial charge in [-0.2, -0.15) is 0 Å². The van der Waals surface area contributed by atoms with E-state index in [2.05, 4.69) is 21.3 Å². The number of hydrogen-bond donors (Lipinski definition) is 1. The van der Waals surface area contributed by atoms with Crippen LogP contribution in [0.2, 0.25) is 0 Å². The number of nitrogens with two attached hydrogens (primary N) is 1. The lowest BCUT2D eigenvalue weighted by atomic mass is 10.0. The molecule has 0 aromatic carbocycles. The number of imidazole rings is 1. The molecule has 0 spiro atoms. The van der Waals surface area contributed by atoms with Crippen LogP contribution in [-0.4, -0.2) is 34.4 Å². The van der Waals surface area contributed by atoms with E-state index in [0.29, 0.717) is 0 Å². The topological polar surface area (TPSA) is 46.6 Å². The highest BCUT2D eigenvalue weighted by atomic mass is 15.1. The second-order valence-corrected chi connectivity index (χ2v) is 5.05. The van der Waals surface area contributed by atoms with E-state index in [1.807, 2.05) is 24.5 Å². The van der Waals surface area contributed by atoms with Gasteiger partial charge < -0.3 is 15.0 Å². The van der Waals surface area contributed by atoms with E-state index in [0.717, 1.165) is 29.4 Å². The number of nitrogen functional groups attached to an aromatic ring is 1. The second kappa shape index (κ2) is 4.04. The van der Waals surface area contributed by atoms with Crippen LogP contribution in [0.4, 0.5) is 5.69 Å². The van der Waals surface area contributed by atoms with Gasteiger partial charge in [0.25, 0.3) is 0 Å².